The SMILES string of the molecule is CC(CO)(CNCc1scnc1C1CC1)c1ccccc1. The van der Waals surface area contributed by atoms with E-state index < -0.39 is 0 Å². The first kappa shape index (κ1) is 14.7. The molecule has 1 aliphatic rings. The Labute approximate surface area is 130 Å². The lowest BCUT2D eigenvalue weighted by Gasteiger charge is -2.28. The number of nitrogens with one attached hydrogen (secondary N) is 1. The van der Waals surface area contributed by atoms with Crippen LogP contribution in [0.1, 0.15) is 41.8 Å². The van der Waals surface area contributed by atoms with Gasteiger partial charge in [0.2, 0.25) is 0 Å². The first-order chi connectivity index (χ1) is 10.2. The second kappa shape index (κ2) is 6.26. The maximum absolute atomic E-state index is 9.80. The van der Waals surface area contributed by atoms with E-state index in [1.165, 1.54) is 29.0 Å². The Hall–Kier alpha value is -1.23. The quantitative estimate of drug-likeness (QED) is 0.826. The zero-order valence-electron chi connectivity index (χ0n) is 12.4. The van der Waals surface area contributed by atoms with Crippen LogP contribution >= 0.6 is 11.3 Å². The highest BCUT2D eigenvalue weighted by Crippen LogP contribution is 2.41. The summed E-state index contributed by atoms with van der Waals surface area (Å²) in [6.07, 6.45) is 2.57. The summed E-state index contributed by atoms with van der Waals surface area (Å²) in [5, 5.41) is 13.3. The van der Waals surface area contributed by atoms with E-state index in [0.29, 0.717) is 5.92 Å². The van der Waals surface area contributed by atoms with Crippen molar-refractivity contribution >= 4 is 11.3 Å². The van der Waals surface area contributed by atoms with Crippen molar-refractivity contribution in [2.75, 3.05) is 13.2 Å². The van der Waals surface area contributed by atoms with E-state index in [1.54, 1.807) is 11.3 Å². The molecule has 4 heteroatoms. The highest BCUT2D eigenvalue weighted by molar-refractivity contribution is 7.09. The number of benzene rings is 1. The lowest BCUT2D eigenvalue weighted by atomic mass is 9.83. The van der Waals surface area contributed by atoms with Crippen molar-refractivity contribution in [2.45, 2.75) is 37.6 Å². The first-order valence-electron chi connectivity index (χ1n) is 7.52. The van der Waals surface area contributed by atoms with Gasteiger partial charge < -0.3 is 10.4 Å². The minimum atomic E-state index is -0.244. The van der Waals surface area contributed by atoms with Crippen molar-refractivity contribution in [3.63, 3.8) is 0 Å². The maximum Gasteiger partial charge on any atom is 0.0798 e. The van der Waals surface area contributed by atoms with Gasteiger partial charge in [0.25, 0.3) is 0 Å². The zero-order valence-corrected chi connectivity index (χ0v) is 13.2. The Bertz CT molecular complexity index is 579. The van der Waals surface area contributed by atoms with Crippen molar-refractivity contribution in [2.24, 2.45) is 0 Å². The number of thiazole rings is 1. The topological polar surface area (TPSA) is 45.1 Å². The monoisotopic (exact) mass is 302 g/mol. The molecule has 0 amide bonds. The molecule has 1 atom stereocenters. The van der Waals surface area contributed by atoms with E-state index in [2.05, 4.69) is 29.4 Å². The summed E-state index contributed by atoms with van der Waals surface area (Å²) in [6.45, 7) is 3.85. The summed E-state index contributed by atoms with van der Waals surface area (Å²) in [7, 11) is 0. The van der Waals surface area contributed by atoms with Crippen LogP contribution in [0.15, 0.2) is 35.8 Å². The van der Waals surface area contributed by atoms with Crippen LogP contribution in [0.25, 0.3) is 0 Å². The minimum absolute atomic E-state index is 0.141. The fourth-order valence-corrected chi connectivity index (χ4v) is 3.46. The summed E-state index contributed by atoms with van der Waals surface area (Å²) in [5.41, 5.74) is 4.17. The van der Waals surface area contributed by atoms with Crippen LogP contribution in [0, 0.1) is 0 Å². The standard InChI is InChI=1S/C17H22N2OS/c1-17(11-20,14-5-3-2-4-6-14)10-18-9-15-16(13-7-8-13)19-12-21-15/h2-6,12-13,18,20H,7-11H2,1H3. The third-order valence-electron chi connectivity index (χ3n) is 4.26. The third-order valence-corrected chi connectivity index (χ3v) is 5.11. The molecule has 1 aliphatic carbocycles. The van der Waals surface area contributed by atoms with Crippen molar-refractivity contribution in [3.05, 3.63) is 52.0 Å². The minimum Gasteiger partial charge on any atom is -0.395 e. The fraction of sp³-hybridized carbons (Fsp3) is 0.471. The van der Waals surface area contributed by atoms with E-state index >= 15 is 0 Å². The number of aliphatic hydroxyl groups is 1. The molecule has 1 heterocycles. The highest BCUT2D eigenvalue weighted by Gasteiger charge is 2.29. The van der Waals surface area contributed by atoms with Crippen molar-refractivity contribution in [1.82, 2.24) is 10.3 Å². The molecular formula is C17H22N2OS. The average Bonchev–Trinajstić information content (AvgIpc) is 3.27. The molecule has 0 bridgehead atoms. The maximum atomic E-state index is 9.80. The Balaban J connectivity index is 1.61. The molecule has 2 aromatic rings. The van der Waals surface area contributed by atoms with Gasteiger partial charge in [-0.2, -0.15) is 0 Å². The number of hydrogen-bond acceptors (Lipinski definition) is 4. The van der Waals surface area contributed by atoms with E-state index in [0.717, 1.165) is 13.1 Å². The van der Waals surface area contributed by atoms with E-state index in [1.807, 2.05) is 23.7 Å². The molecule has 3 nitrogen and oxygen atoms in total. The summed E-state index contributed by atoms with van der Waals surface area (Å²) < 4.78 is 0. The van der Waals surface area contributed by atoms with Crippen LogP contribution in [0.3, 0.4) is 0 Å². The molecule has 0 saturated heterocycles. The molecule has 1 saturated carbocycles. The normalized spacial score (nSPS) is 17.6. The lowest BCUT2D eigenvalue weighted by Crippen LogP contribution is -2.38. The molecule has 2 N–H and O–H groups in total. The van der Waals surface area contributed by atoms with Crippen molar-refractivity contribution in [3.8, 4) is 0 Å². The zero-order chi connectivity index (χ0) is 14.7. The largest absolute Gasteiger partial charge is 0.395 e. The van der Waals surface area contributed by atoms with Gasteiger partial charge in [-0.05, 0) is 18.4 Å². The predicted molar refractivity (Wildman–Crippen MR) is 86.7 cm³/mol. The van der Waals surface area contributed by atoms with Gasteiger partial charge in [0.1, 0.15) is 0 Å². The smallest absolute Gasteiger partial charge is 0.0798 e. The van der Waals surface area contributed by atoms with E-state index in [9.17, 15) is 5.11 Å². The summed E-state index contributed by atoms with van der Waals surface area (Å²) in [4.78, 5) is 5.85. The van der Waals surface area contributed by atoms with Gasteiger partial charge in [0.05, 0.1) is 17.8 Å². The van der Waals surface area contributed by atoms with Gasteiger partial charge in [0.15, 0.2) is 0 Å². The molecule has 21 heavy (non-hydrogen) atoms. The molecule has 0 radical (unpaired) electrons. The Morgan fingerprint density at radius 1 is 1.33 bits per heavy atom. The first-order valence-corrected chi connectivity index (χ1v) is 8.40. The molecule has 1 unspecified atom stereocenters. The van der Waals surface area contributed by atoms with Crippen LogP contribution in [-0.2, 0) is 12.0 Å². The van der Waals surface area contributed by atoms with Crippen LogP contribution in [0.5, 0.6) is 0 Å². The third kappa shape index (κ3) is 3.34. The van der Waals surface area contributed by atoms with Crippen molar-refractivity contribution in [1.29, 1.82) is 0 Å². The van der Waals surface area contributed by atoms with E-state index in [-0.39, 0.29) is 12.0 Å². The Kier molecular flexibility index (Phi) is 4.38. The Morgan fingerprint density at radius 2 is 2.10 bits per heavy atom. The van der Waals surface area contributed by atoms with Crippen LogP contribution in [0.4, 0.5) is 0 Å². The summed E-state index contributed by atoms with van der Waals surface area (Å²) in [5.74, 6) is 0.700. The second-order valence-electron chi connectivity index (χ2n) is 6.12. The molecule has 0 spiro atoms. The van der Waals surface area contributed by atoms with Crippen molar-refractivity contribution < 1.29 is 5.11 Å². The van der Waals surface area contributed by atoms with Crippen LogP contribution in [0.2, 0.25) is 0 Å². The second-order valence-corrected chi connectivity index (χ2v) is 7.06. The average molecular weight is 302 g/mol. The number of nitrogens with zero attached hydrogens (tertiary/aromatic N) is 1. The molecule has 1 fully saturated rings. The number of hydrogen-bond donors (Lipinski definition) is 2. The fourth-order valence-electron chi connectivity index (χ4n) is 2.64. The van der Waals surface area contributed by atoms with Gasteiger partial charge in [-0.15, -0.1) is 11.3 Å². The molecule has 1 aromatic heterocycles. The summed E-state index contributed by atoms with van der Waals surface area (Å²) in [6, 6.07) is 10.2. The molecule has 0 aliphatic heterocycles. The van der Waals surface area contributed by atoms with Crippen LogP contribution < -0.4 is 5.32 Å². The van der Waals surface area contributed by atoms with Gasteiger partial charge in [-0.3, -0.25) is 0 Å². The van der Waals surface area contributed by atoms with Gasteiger partial charge in [-0.1, -0.05) is 37.3 Å². The van der Waals surface area contributed by atoms with E-state index in [4.69, 9.17) is 0 Å². The molecule has 1 aromatic carbocycles. The number of aromatic nitrogens is 1. The predicted octanol–water partition coefficient (Wildman–Crippen LogP) is 3.06. The van der Waals surface area contributed by atoms with Gasteiger partial charge in [-0.25, -0.2) is 4.98 Å². The molecular weight excluding hydrogens is 280 g/mol. The van der Waals surface area contributed by atoms with Crippen LogP contribution in [-0.4, -0.2) is 23.2 Å². The number of aliphatic hydroxyl groups excluding tert-OH is 1. The molecule has 112 valence electrons. The number of rotatable bonds is 7. The van der Waals surface area contributed by atoms with Gasteiger partial charge in [0, 0.05) is 29.3 Å². The molecule has 3 rings (SSSR count). The highest BCUT2D eigenvalue weighted by atomic mass is 32.1. The Morgan fingerprint density at radius 3 is 2.76 bits per heavy atom. The van der Waals surface area contributed by atoms with Gasteiger partial charge >= 0.3 is 0 Å². The lowest BCUT2D eigenvalue weighted by molar-refractivity contribution is 0.201. The summed E-state index contributed by atoms with van der Waals surface area (Å²) >= 11 is 1.74.